The highest BCUT2D eigenvalue weighted by molar-refractivity contribution is 7.99. The zero-order chi connectivity index (χ0) is 12.3. The molecule has 0 radical (unpaired) electrons. The van der Waals surface area contributed by atoms with Crippen LogP contribution in [-0.2, 0) is 0 Å². The molecule has 3 atom stereocenters. The highest BCUT2D eigenvalue weighted by atomic mass is 32.2. The molecule has 1 aliphatic rings. The number of nitrogens with one attached hydrogen (secondary N) is 1. The molecule has 17 heavy (non-hydrogen) atoms. The smallest absolute Gasteiger partial charge is 0.0297 e. The van der Waals surface area contributed by atoms with E-state index in [1.807, 2.05) is 0 Å². The molecule has 0 saturated carbocycles. The van der Waals surface area contributed by atoms with Crippen molar-refractivity contribution >= 4 is 11.8 Å². The standard InChI is InChI=1S/C15H23NS/c1-11-7-4-5-8-14(11)12(2)16-15-9-6-10-17-13(15)3/h4-5,7-8,12-13,15-16H,6,9-10H2,1-3H3/t12-,13?,15?/m0/s1. The molecular weight excluding hydrogens is 226 g/mol. The van der Waals surface area contributed by atoms with E-state index in [1.54, 1.807) is 0 Å². The Hall–Kier alpha value is -0.470. The highest BCUT2D eigenvalue weighted by Crippen LogP contribution is 2.27. The van der Waals surface area contributed by atoms with Crippen molar-refractivity contribution in [1.82, 2.24) is 5.32 Å². The van der Waals surface area contributed by atoms with E-state index >= 15 is 0 Å². The van der Waals surface area contributed by atoms with E-state index in [0.29, 0.717) is 12.1 Å². The lowest BCUT2D eigenvalue weighted by molar-refractivity contribution is 0.416. The Morgan fingerprint density at radius 3 is 2.82 bits per heavy atom. The Morgan fingerprint density at radius 1 is 1.35 bits per heavy atom. The van der Waals surface area contributed by atoms with Gasteiger partial charge in [0.25, 0.3) is 0 Å². The fraction of sp³-hybridized carbons (Fsp3) is 0.600. The van der Waals surface area contributed by atoms with Gasteiger partial charge in [0.2, 0.25) is 0 Å². The maximum Gasteiger partial charge on any atom is 0.0297 e. The molecule has 0 spiro atoms. The van der Waals surface area contributed by atoms with Gasteiger partial charge in [0.05, 0.1) is 0 Å². The largest absolute Gasteiger partial charge is 0.306 e. The predicted molar refractivity (Wildman–Crippen MR) is 77.7 cm³/mol. The maximum atomic E-state index is 3.80. The maximum absolute atomic E-state index is 3.80. The summed E-state index contributed by atoms with van der Waals surface area (Å²) in [6.07, 6.45) is 2.68. The van der Waals surface area contributed by atoms with Crippen LogP contribution in [0.5, 0.6) is 0 Å². The first-order valence-corrected chi connectivity index (χ1v) is 7.66. The minimum atomic E-state index is 0.461. The summed E-state index contributed by atoms with van der Waals surface area (Å²) in [5.74, 6) is 1.33. The number of rotatable bonds is 3. The Balaban J connectivity index is 2.01. The quantitative estimate of drug-likeness (QED) is 0.871. The number of thioether (sulfide) groups is 1. The molecular formula is C15H23NS. The van der Waals surface area contributed by atoms with Crippen LogP contribution >= 0.6 is 11.8 Å². The predicted octanol–water partition coefficient (Wildman–Crippen LogP) is 3.93. The molecule has 1 saturated heterocycles. The fourth-order valence-electron chi connectivity index (χ4n) is 2.63. The van der Waals surface area contributed by atoms with Crippen LogP contribution in [0.4, 0.5) is 0 Å². The van der Waals surface area contributed by atoms with Crippen molar-refractivity contribution in [3.63, 3.8) is 0 Å². The summed E-state index contributed by atoms with van der Waals surface area (Å²) in [4.78, 5) is 0. The van der Waals surface area contributed by atoms with Crippen molar-refractivity contribution in [1.29, 1.82) is 0 Å². The summed E-state index contributed by atoms with van der Waals surface area (Å²) in [5, 5.41) is 4.55. The molecule has 0 aromatic heterocycles. The number of aryl methyl sites for hydroxylation is 1. The van der Waals surface area contributed by atoms with Gasteiger partial charge in [0.1, 0.15) is 0 Å². The number of benzene rings is 1. The van der Waals surface area contributed by atoms with E-state index < -0.39 is 0 Å². The molecule has 0 bridgehead atoms. The zero-order valence-electron chi connectivity index (χ0n) is 11.1. The van der Waals surface area contributed by atoms with Crippen LogP contribution < -0.4 is 5.32 Å². The Bertz CT molecular complexity index is 364. The third-order valence-corrected chi connectivity index (χ3v) is 5.10. The monoisotopic (exact) mass is 249 g/mol. The lowest BCUT2D eigenvalue weighted by Gasteiger charge is -2.32. The molecule has 0 amide bonds. The molecule has 1 aromatic carbocycles. The highest BCUT2D eigenvalue weighted by Gasteiger charge is 2.23. The molecule has 1 aromatic rings. The molecule has 2 rings (SSSR count). The molecule has 1 aliphatic heterocycles. The van der Waals surface area contributed by atoms with Crippen LogP contribution in [0, 0.1) is 6.92 Å². The second-order valence-electron chi connectivity index (χ2n) is 5.07. The lowest BCUT2D eigenvalue weighted by atomic mass is 10.00. The average Bonchev–Trinajstić information content (AvgIpc) is 2.32. The van der Waals surface area contributed by atoms with Gasteiger partial charge in [0, 0.05) is 17.3 Å². The van der Waals surface area contributed by atoms with Crippen molar-refractivity contribution in [3.8, 4) is 0 Å². The van der Waals surface area contributed by atoms with E-state index in [4.69, 9.17) is 0 Å². The van der Waals surface area contributed by atoms with Crippen LogP contribution in [0.1, 0.15) is 43.9 Å². The van der Waals surface area contributed by atoms with E-state index in [-0.39, 0.29) is 0 Å². The normalized spacial score (nSPS) is 26.8. The van der Waals surface area contributed by atoms with Gasteiger partial charge in [-0.2, -0.15) is 11.8 Å². The Kier molecular flexibility index (Phi) is 4.52. The van der Waals surface area contributed by atoms with Gasteiger partial charge in [-0.25, -0.2) is 0 Å². The van der Waals surface area contributed by atoms with Crippen LogP contribution in [0.3, 0.4) is 0 Å². The fourth-order valence-corrected chi connectivity index (χ4v) is 3.78. The van der Waals surface area contributed by atoms with Gasteiger partial charge in [-0.15, -0.1) is 0 Å². The van der Waals surface area contributed by atoms with E-state index in [1.165, 1.54) is 29.7 Å². The third-order valence-electron chi connectivity index (χ3n) is 3.73. The Morgan fingerprint density at radius 2 is 2.12 bits per heavy atom. The first-order valence-electron chi connectivity index (χ1n) is 6.61. The van der Waals surface area contributed by atoms with Crippen molar-refractivity contribution in [2.24, 2.45) is 0 Å². The van der Waals surface area contributed by atoms with E-state index in [0.717, 1.165) is 5.25 Å². The molecule has 1 N–H and O–H groups in total. The summed E-state index contributed by atoms with van der Waals surface area (Å²) < 4.78 is 0. The average molecular weight is 249 g/mol. The minimum absolute atomic E-state index is 0.461. The molecule has 2 heteroatoms. The van der Waals surface area contributed by atoms with Crippen LogP contribution in [0.15, 0.2) is 24.3 Å². The van der Waals surface area contributed by atoms with Crippen molar-refractivity contribution < 1.29 is 0 Å². The SMILES string of the molecule is Cc1ccccc1[C@H](C)NC1CCCSC1C. The van der Waals surface area contributed by atoms with Crippen molar-refractivity contribution in [2.75, 3.05) is 5.75 Å². The zero-order valence-corrected chi connectivity index (χ0v) is 11.9. The first-order chi connectivity index (χ1) is 8.18. The van der Waals surface area contributed by atoms with E-state index in [9.17, 15) is 0 Å². The summed E-state index contributed by atoms with van der Waals surface area (Å²) in [5.41, 5.74) is 2.83. The van der Waals surface area contributed by atoms with Gasteiger partial charge in [-0.1, -0.05) is 31.2 Å². The van der Waals surface area contributed by atoms with Gasteiger partial charge >= 0.3 is 0 Å². The third kappa shape index (κ3) is 3.26. The molecule has 94 valence electrons. The van der Waals surface area contributed by atoms with Crippen LogP contribution in [-0.4, -0.2) is 17.0 Å². The molecule has 0 aliphatic carbocycles. The second kappa shape index (κ2) is 5.92. The summed E-state index contributed by atoms with van der Waals surface area (Å²) >= 11 is 2.11. The second-order valence-corrected chi connectivity index (χ2v) is 6.55. The Labute approximate surface area is 109 Å². The van der Waals surface area contributed by atoms with Crippen molar-refractivity contribution in [3.05, 3.63) is 35.4 Å². The van der Waals surface area contributed by atoms with Gasteiger partial charge in [-0.05, 0) is 43.6 Å². The lowest BCUT2D eigenvalue weighted by Crippen LogP contribution is -2.40. The van der Waals surface area contributed by atoms with Gasteiger partial charge < -0.3 is 5.32 Å². The summed E-state index contributed by atoms with van der Waals surface area (Å²) in [7, 11) is 0. The first kappa shape index (κ1) is 13.0. The topological polar surface area (TPSA) is 12.0 Å². The van der Waals surface area contributed by atoms with E-state index in [2.05, 4.69) is 62.1 Å². The molecule has 2 unspecified atom stereocenters. The molecule has 1 nitrogen and oxygen atoms in total. The molecule has 1 fully saturated rings. The minimum Gasteiger partial charge on any atom is -0.306 e. The van der Waals surface area contributed by atoms with Gasteiger partial charge in [0.15, 0.2) is 0 Å². The van der Waals surface area contributed by atoms with Crippen LogP contribution in [0.25, 0.3) is 0 Å². The number of hydrogen-bond donors (Lipinski definition) is 1. The van der Waals surface area contributed by atoms with Crippen molar-refractivity contribution in [2.45, 2.75) is 50.9 Å². The summed E-state index contributed by atoms with van der Waals surface area (Å²) in [6.45, 7) is 6.84. The van der Waals surface area contributed by atoms with Gasteiger partial charge in [-0.3, -0.25) is 0 Å². The number of hydrogen-bond acceptors (Lipinski definition) is 2. The summed E-state index contributed by atoms with van der Waals surface area (Å²) in [6, 6.07) is 9.83. The van der Waals surface area contributed by atoms with Crippen LogP contribution in [0.2, 0.25) is 0 Å². The molecule has 1 heterocycles.